The van der Waals surface area contributed by atoms with Crippen molar-refractivity contribution in [3.8, 4) is 0 Å². The maximum Gasteiger partial charge on any atom is 0.268 e. The van der Waals surface area contributed by atoms with Gasteiger partial charge in [-0.05, 0) is 38.5 Å². The van der Waals surface area contributed by atoms with Gasteiger partial charge in [-0.15, -0.1) is 0 Å². The minimum absolute atomic E-state index is 0.00206. The standard InChI is InChI=1S/C42H79N2O6P/c1-6-8-10-12-14-16-18-20-21-22-24-25-27-29-31-33-35-41(45)40(39-50-51(47,48)49-38-37-44(3,4)5)43-42(46)36-34-32-30-28-26-23-19-17-15-13-11-9-7-2/h9,11,15,17,23,26,30,32,40-41,45H,6-8,10,12-14,16,18-22,24-25,27-29,31,33-39H2,1-5H3,(H-,43,46,47,48)/b11-9-,17-15-,26-23-,32-30-. The van der Waals surface area contributed by atoms with Crippen LogP contribution in [-0.2, 0) is 18.4 Å². The highest BCUT2D eigenvalue weighted by molar-refractivity contribution is 7.45. The summed E-state index contributed by atoms with van der Waals surface area (Å²) in [4.78, 5) is 25.2. The Kier molecular flexibility index (Phi) is 33.2. The van der Waals surface area contributed by atoms with Crippen molar-refractivity contribution in [2.45, 2.75) is 174 Å². The fraction of sp³-hybridized carbons (Fsp3) is 0.786. The monoisotopic (exact) mass is 739 g/mol. The van der Waals surface area contributed by atoms with E-state index in [1.54, 1.807) is 0 Å². The Morgan fingerprint density at radius 2 is 1.16 bits per heavy atom. The van der Waals surface area contributed by atoms with Crippen molar-refractivity contribution in [3.63, 3.8) is 0 Å². The minimum atomic E-state index is -4.58. The number of unbranched alkanes of at least 4 members (excludes halogenated alkanes) is 15. The first-order valence-electron chi connectivity index (χ1n) is 20.5. The van der Waals surface area contributed by atoms with Gasteiger partial charge in [0.25, 0.3) is 7.82 Å². The van der Waals surface area contributed by atoms with Gasteiger partial charge in [0.2, 0.25) is 5.91 Å². The highest BCUT2D eigenvalue weighted by Crippen LogP contribution is 2.38. The molecule has 0 saturated carbocycles. The van der Waals surface area contributed by atoms with E-state index in [0.29, 0.717) is 23.9 Å². The van der Waals surface area contributed by atoms with Gasteiger partial charge in [0, 0.05) is 6.42 Å². The molecule has 9 heteroatoms. The van der Waals surface area contributed by atoms with Crippen LogP contribution in [-0.4, -0.2) is 68.5 Å². The summed E-state index contributed by atoms with van der Waals surface area (Å²) in [5.41, 5.74) is 0. The second-order valence-electron chi connectivity index (χ2n) is 15.0. The highest BCUT2D eigenvalue weighted by Gasteiger charge is 2.24. The number of rotatable bonds is 36. The third-order valence-corrected chi connectivity index (χ3v) is 9.81. The van der Waals surface area contributed by atoms with E-state index in [1.807, 2.05) is 33.3 Å². The van der Waals surface area contributed by atoms with E-state index in [4.69, 9.17) is 9.05 Å². The number of nitrogens with one attached hydrogen (secondary N) is 1. The van der Waals surface area contributed by atoms with Crippen LogP contribution in [0.3, 0.4) is 0 Å². The number of amides is 1. The molecule has 0 rings (SSSR count). The molecule has 0 heterocycles. The molecule has 3 atom stereocenters. The van der Waals surface area contributed by atoms with Crippen molar-refractivity contribution in [1.29, 1.82) is 0 Å². The number of nitrogens with zero attached hydrogens (tertiary/aromatic N) is 1. The van der Waals surface area contributed by atoms with Crippen molar-refractivity contribution in [1.82, 2.24) is 5.32 Å². The highest BCUT2D eigenvalue weighted by atomic mass is 31.2. The van der Waals surface area contributed by atoms with Crippen LogP contribution in [0.1, 0.15) is 162 Å². The Bertz CT molecular complexity index is 975. The maximum absolute atomic E-state index is 12.8. The molecule has 0 aliphatic rings. The summed E-state index contributed by atoms with van der Waals surface area (Å²) in [7, 11) is 1.25. The number of carbonyl (C=O) groups excluding carboxylic acids is 1. The average molecular weight is 739 g/mol. The molecule has 0 aromatic heterocycles. The van der Waals surface area contributed by atoms with E-state index in [9.17, 15) is 19.4 Å². The van der Waals surface area contributed by atoms with Gasteiger partial charge in [-0.3, -0.25) is 9.36 Å². The molecule has 298 valence electrons. The zero-order valence-electron chi connectivity index (χ0n) is 33.5. The first-order chi connectivity index (χ1) is 24.5. The second kappa shape index (κ2) is 34.2. The summed E-state index contributed by atoms with van der Waals surface area (Å²) in [5, 5.41) is 13.8. The van der Waals surface area contributed by atoms with Gasteiger partial charge in [0.1, 0.15) is 13.2 Å². The molecule has 0 aromatic rings. The molecule has 1 amide bonds. The van der Waals surface area contributed by atoms with Gasteiger partial charge in [-0.1, -0.05) is 165 Å². The summed E-state index contributed by atoms with van der Waals surface area (Å²) >= 11 is 0. The van der Waals surface area contributed by atoms with Gasteiger partial charge >= 0.3 is 0 Å². The van der Waals surface area contributed by atoms with Crippen LogP contribution in [0.25, 0.3) is 0 Å². The number of hydrogen-bond acceptors (Lipinski definition) is 6. The molecule has 0 aliphatic carbocycles. The predicted octanol–water partition coefficient (Wildman–Crippen LogP) is 10.3. The number of carbonyl (C=O) groups is 1. The number of likely N-dealkylation sites (N-methyl/N-ethyl adjacent to an activating group) is 1. The number of quaternary nitrogens is 1. The van der Waals surface area contributed by atoms with Crippen molar-refractivity contribution in [2.24, 2.45) is 0 Å². The maximum atomic E-state index is 12.8. The number of phosphoric ester groups is 1. The predicted molar refractivity (Wildman–Crippen MR) is 214 cm³/mol. The van der Waals surface area contributed by atoms with E-state index in [0.717, 1.165) is 44.9 Å². The molecule has 0 fully saturated rings. The van der Waals surface area contributed by atoms with Crippen molar-refractivity contribution in [2.75, 3.05) is 40.9 Å². The number of allylic oxidation sites excluding steroid dienone is 8. The molecular weight excluding hydrogens is 659 g/mol. The smallest absolute Gasteiger partial charge is 0.268 e. The molecule has 0 aromatic carbocycles. The average Bonchev–Trinajstić information content (AvgIpc) is 3.07. The van der Waals surface area contributed by atoms with Gasteiger partial charge in [0.15, 0.2) is 0 Å². The van der Waals surface area contributed by atoms with Crippen LogP contribution in [0.2, 0.25) is 0 Å². The number of aliphatic hydroxyl groups excluding tert-OH is 1. The zero-order valence-corrected chi connectivity index (χ0v) is 34.4. The van der Waals surface area contributed by atoms with Crippen molar-refractivity contribution < 1.29 is 32.9 Å². The first-order valence-corrected chi connectivity index (χ1v) is 21.9. The minimum Gasteiger partial charge on any atom is -0.756 e. The number of aliphatic hydroxyl groups is 1. The first kappa shape index (κ1) is 49.5. The summed E-state index contributed by atoms with van der Waals surface area (Å²) in [6.45, 7) is 4.53. The van der Waals surface area contributed by atoms with Crippen LogP contribution in [0.5, 0.6) is 0 Å². The third-order valence-electron chi connectivity index (χ3n) is 8.84. The van der Waals surface area contributed by atoms with Crippen LogP contribution < -0.4 is 10.2 Å². The topological polar surface area (TPSA) is 108 Å². The lowest BCUT2D eigenvalue weighted by molar-refractivity contribution is -0.870. The normalized spacial score (nSPS) is 15.0. The Morgan fingerprint density at radius 3 is 1.63 bits per heavy atom. The SMILES string of the molecule is CC/C=C\C/C=C\C/C=C\C/C=C\CCC(=O)NC(COP(=O)([O-])OCC[N+](C)(C)C)C(O)CCCCCCCCCCCCCCCCCC. The lowest BCUT2D eigenvalue weighted by atomic mass is 10.0. The largest absolute Gasteiger partial charge is 0.756 e. The van der Waals surface area contributed by atoms with E-state index in [1.165, 1.54) is 83.5 Å². The molecule has 3 unspecified atom stereocenters. The number of hydrogen-bond donors (Lipinski definition) is 2. The fourth-order valence-electron chi connectivity index (χ4n) is 5.58. The third kappa shape index (κ3) is 36.6. The molecular formula is C42H79N2O6P. The van der Waals surface area contributed by atoms with Gasteiger partial charge < -0.3 is 28.8 Å². The molecule has 51 heavy (non-hydrogen) atoms. The lowest BCUT2D eigenvalue weighted by Crippen LogP contribution is -2.46. The Labute approximate surface area is 314 Å². The van der Waals surface area contributed by atoms with Gasteiger partial charge in [-0.25, -0.2) is 0 Å². The summed E-state index contributed by atoms with van der Waals surface area (Å²) < 4.78 is 23.2. The van der Waals surface area contributed by atoms with Crippen molar-refractivity contribution >= 4 is 13.7 Å². The summed E-state index contributed by atoms with van der Waals surface area (Å²) in [5.74, 6) is -0.247. The molecule has 0 spiro atoms. The lowest BCUT2D eigenvalue weighted by Gasteiger charge is -2.30. The quantitative estimate of drug-likeness (QED) is 0.0287. The Morgan fingerprint density at radius 1 is 0.706 bits per heavy atom. The Balaban J connectivity index is 4.52. The van der Waals surface area contributed by atoms with Crippen LogP contribution in [0.4, 0.5) is 0 Å². The van der Waals surface area contributed by atoms with E-state index < -0.39 is 20.0 Å². The molecule has 2 N–H and O–H groups in total. The molecule has 0 saturated heterocycles. The Hall–Kier alpha value is -1.54. The summed E-state index contributed by atoms with van der Waals surface area (Å²) in [6.07, 6.45) is 41.3. The van der Waals surface area contributed by atoms with Crippen LogP contribution >= 0.6 is 7.82 Å². The fourth-order valence-corrected chi connectivity index (χ4v) is 6.30. The number of phosphoric acid groups is 1. The van der Waals surface area contributed by atoms with Gasteiger partial charge in [-0.2, -0.15) is 0 Å². The molecule has 8 nitrogen and oxygen atoms in total. The molecule has 0 aliphatic heterocycles. The van der Waals surface area contributed by atoms with E-state index in [2.05, 4.69) is 55.6 Å². The second-order valence-corrected chi connectivity index (χ2v) is 16.4. The van der Waals surface area contributed by atoms with Crippen molar-refractivity contribution in [3.05, 3.63) is 48.6 Å². The molecule has 0 bridgehead atoms. The van der Waals surface area contributed by atoms with Gasteiger partial charge in [0.05, 0.1) is 39.9 Å². The summed E-state index contributed by atoms with van der Waals surface area (Å²) in [6, 6.07) is -0.837. The molecule has 0 radical (unpaired) electrons. The zero-order chi connectivity index (χ0) is 37.9. The van der Waals surface area contributed by atoms with Crippen LogP contribution in [0.15, 0.2) is 48.6 Å². The van der Waals surface area contributed by atoms with E-state index >= 15 is 0 Å². The van der Waals surface area contributed by atoms with Crippen LogP contribution in [0, 0.1) is 0 Å². The van der Waals surface area contributed by atoms with E-state index in [-0.39, 0.29) is 25.5 Å².